The Kier molecular flexibility index (Phi) is 7.22. The summed E-state index contributed by atoms with van der Waals surface area (Å²) in [4.78, 5) is 14.4. The van der Waals surface area contributed by atoms with Gasteiger partial charge in [-0.1, -0.05) is 24.3 Å². The van der Waals surface area contributed by atoms with Crippen LogP contribution in [-0.2, 0) is 0 Å². The molecule has 4 aliphatic heterocycles. The highest BCUT2D eigenvalue weighted by atomic mass is 32.1. The highest BCUT2D eigenvalue weighted by molar-refractivity contribution is 7.12. The van der Waals surface area contributed by atoms with Gasteiger partial charge in [-0.3, -0.25) is 0 Å². The van der Waals surface area contributed by atoms with Gasteiger partial charge in [0.05, 0.1) is 11.1 Å². The van der Waals surface area contributed by atoms with E-state index in [1.165, 1.54) is 0 Å². The summed E-state index contributed by atoms with van der Waals surface area (Å²) >= 11 is 3.28. The summed E-state index contributed by atoms with van der Waals surface area (Å²) < 4.78 is 12.0. The Balaban J connectivity index is 0.000000132. The molecule has 0 saturated carbocycles. The second-order valence-electron chi connectivity index (χ2n) is 9.76. The number of thiophene rings is 2. The van der Waals surface area contributed by atoms with Crippen molar-refractivity contribution in [3.05, 3.63) is 81.9 Å². The van der Waals surface area contributed by atoms with Crippen LogP contribution in [-0.4, -0.2) is 73.8 Å². The molecule has 2 aromatic carbocycles. The molecule has 8 nitrogen and oxygen atoms in total. The fourth-order valence-corrected chi connectivity index (χ4v) is 6.62. The summed E-state index contributed by atoms with van der Waals surface area (Å²) in [5, 5.41) is 13.9. The molecule has 4 aromatic rings. The average molecular weight is 571 g/mol. The SMILES string of the molecule is c1ccc2c(c1)N=C(N1CCNCC1)c1ccsc1O2.c1ccc2c(c1)N=C(N1CCNCC1)c1cscc1O2. The van der Waals surface area contributed by atoms with E-state index in [4.69, 9.17) is 19.5 Å². The fraction of sp³-hybridized carbons (Fsp3) is 0.267. The van der Waals surface area contributed by atoms with Crippen molar-refractivity contribution in [2.75, 3.05) is 52.4 Å². The van der Waals surface area contributed by atoms with Crippen molar-refractivity contribution in [2.45, 2.75) is 0 Å². The van der Waals surface area contributed by atoms with Crippen molar-refractivity contribution in [2.24, 2.45) is 9.98 Å². The predicted octanol–water partition coefficient (Wildman–Crippen LogP) is 5.67. The number of nitrogens with one attached hydrogen (secondary N) is 2. The molecule has 0 amide bonds. The second-order valence-corrected chi connectivity index (χ2v) is 11.4. The fourth-order valence-electron chi connectivity index (χ4n) is 5.14. The number of rotatable bonds is 0. The first kappa shape index (κ1) is 25.3. The van der Waals surface area contributed by atoms with E-state index in [9.17, 15) is 0 Å². The zero-order chi connectivity index (χ0) is 26.7. The Morgan fingerprint density at radius 2 is 1.20 bits per heavy atom. The molecule has 0 bridgehead atoms. The molecule has 0 radical (unpaired) electrons. The largest absolute Gasteiger partial charge is 0.453 e. The second kappa shape index (κ2) is 11.4. The molecule has 0 spiro atoms. The number of fused-ring (bicyclic) bond motifs is 4. The van der Waals surface area contributed by atoms with Crippen molar-refractivity contribution in [1.82, 2.24) is 20.4 Å². The monoisotopic (exact) mass is 570 g/mol. The number of benzene rings is 2. The van der Waals surface area contributed by atoms with Crippen LogP contribution in [0.4, 0.5) is 11.4 Å². The lowest BCUT2D eigenvalue weighted by Crippen LogP contribution is -2.46. The van der Waals surface area contributed by atoms with Crippen LogP contribution >= 0.6 is 22.7 Å². The van der Waals surface area contributed by atoms with Crippen LogP contribution in [0.25, 0.3) is 0 Å². The number of piperazine rings is 2. The lowest BCUT2D eigenvalue weighted by molar-refractivity contribution is 0.358. The molecular formula is C30H30N6O2S2. The zero-order valence-electron chi connectivity index (χ0n) is 22.0. The van der Waals surface area contributed by atoms with E-state index >= 15 is 0 Å². The molecule has 40 heavy (non-hydrogen) atoms. The van der Waals surface area contributed by atoms with Gasteiger partial charge in [-0.15, -0.1) is 22.7 Å². The quantitative estimate of drug-likeness (QED) is 0.284. The van der Waals surface area contributed by atoms with Crippen LogP contribution in [0.1, 0.15) is 11.1 Å². The number of aliphatic imine (C=N–C) groups is 2. The van der Waals surface area contributed by atoms with E-state index in [1.807, 2.05) is 48.5 Å². The number of nitrogens with zero attached hydrogens (tertiary/aromatic N) is 4. The summed E-state index contributed by atoms with van der Waals surface area (Å²) in [5.41, 5.74) is 4.02. The third-order valence-corrected chi connectivity index (χ3v) is 8.69. The number of hydrogen-bond donors (Lipinski definition) is 2. The van der Waals surface area contributed by atoms with Gasteiger partial charge >= 0.3 is 0 Å². The standard InChI is InChI=1S/2C15H15N3OS/c1-2-4-13-12(3-1)17-14(18-8-6-16-7-9-18)11-5-10-20-15(11)19-13;1-2-4-13-12(3-1)17-15(18-7-5-16-6-8-18)11-9-20-10-14(11)19-13/h1-5,10,16H,6-9H2;1-4,9-10,16H,5-8H2. The first-order chi connectivity index (χ1) is 19.8. The summed E-state index contributed by atoms with van der Waals surface area (Å²) in [6.07, 6.45) is 0. The summed E-state index contributed by atoms with van der Waals surface area (Å²) in [5.74, 6) is 4.65. The van der Waals surface area contributed by atoms with Crippen molar-refractivity contribution in [3.8, 4) is 22.3 Å². The normalized spacial score (nSPS) is 17.6. The van der Waals surface area contributed by atoms with E-state index in [0.29, 0.717) is 0 Å². The third-order valence-electron chi connectivity index (χ3n) is 7.18. The summed E-state index contributed by atoms with van der Waals surface area (Å²) in [6, 6.07) is 18.0. The highest BCUT2D eigenvalue weighted by Crippen LogP contribution is 2.41. The van der Waals surface area contributed by atoms with Gasteiger partial charge in [0, 0.05) is 63.1 Å². The van der Waals surface area contributed by atoms with Gasteiger partial charge in [0.15, 0.2) is 16.6 Å². The first-order valence-corrected chi connectivity index (χ1v) is 15.4. The van der Waals surface area contributed by atoms with Crippen LogP contribution in [0.2, 0.25) is 0 Å². The van der Waals surface area contributed by atoms with Crippen molar-refractivity contribution >= 4 is 45.7 Å². The molecule has 2 saturated heterocycles. The van der Waals surface area contributed by atoms with E-state index in [0.717, 1.165) is 109 Å². The van der Waals surface area contributed by atoms with Gasteiger partial charge in [-0.25, -0.2) is 9.98 Å². The van der Waals surface area contributed by atoms with E-state index in [2.05, 4.69) is 42.6 Å². The molecule has 2 aromatic heterocycles. The molecule has 0 unspecified atom stereocenters. The Morgan fingerprint density at radius 3 is 1.85 bits per heavy atom. The molecule has 2 fully saturated rings. The summed E-state index contributed by atoms with van der Waals surface area (Å²) in [6.45, 7) is 7.93. The molecule has 0 atom stereocenters. The van der Waals surface area contributed by atoms with Crippen LogP contribution in [0, 0.1) is 0 Å². The Labute approximate surface area is 241 Å². The minimum Gasteiger partial charge on any atom is -0.453 e. The van der Waals surface area contributed by atoms with Crippen molar-refractivity contribution < 1.29 is 9.47 Å². The summed E-state index contributed by atoms with van der Waals surface area (Å²) in [7, 11) is 0. The zero-order valence-corrected chi connectivity index (χ0v) is 23.6. The number of ether oxygens (including phenoxy) is 2. The van der Waals surface area contributed by atoms with Gasteiger partial charge in [0.2, 0.25) is 0 Å². The van der Waals surface area contributed by atoms with Crippen LogP contribution < -0.4 is 20.1 Å². The minimum atomic E-state index is 0.831. The molecular weight excluding hydrogens is 541 g/mol. The maximum atomic E-state index is 6.03. The maximum absolute atomic E-state index is 6.03. The van der Waals surface area contributed by atoms with E-state index < -0.39 is 0 Å². The van der Waals surface area contributed by atoms with Crippen LogP contribution in [0.5, 0.6) is 22.3 Å². The van der Waals surface area contributed by atoms with Gasteiger partial charge < -0.3 is 29.9 Å². The highest BCUT2D eigenvalue weighted by Gasteiger charge is 2.25. The molecule has 8 rings (SSSR count). The minimum absolute atomic E-state index is 0.831. The third kappa shape index (κ3) is 5.11. The molecule has 10 heteroatoms. The molecule has 4 aliphatic rings. The smallest absolute Gasteiger partial charge is 0.192 e. The molecule has 0 aliphatic carbocycles. The van der Waals surface area contributed by atoms with Crippen molar-refractivity contribution in [1.29, 1.82) is 0 Å². The van der Waals surface area contributed by atoms with Gasteiger partial charge in [0.1, 0.15) is 28.8 Å². The molecule has 204 valence electrons. The average Bonchev–Trinajstić information content (AvgIpc) is 3.60. The molecule has 6 heterocycles. The Morgan fingerprint density at radius 1 is 0.625 bits per heavy atom. The van der Waals surface area contributed by atoms with E-state index in [-0.39, 0.29) is 0 Å². The topological polar surface area (TPSA) is 73.7 Å². The number of amidine groups is 2. The Bertz CT molecular complexity index is 1430. The molecule has 2 N–H and O–H groups in total. The van der Waals surface area contributed by atoms with Gasteiger partial charge in [-0.2, -0.15) is 0 Å². The van der Waals surface area contributed by atoms with Crippen LogP contribution in [0.3, 0.4) is 0 Å². The van der Waals surface area contributed by atoms with Crippen LogP contribution in [0.15, 0.2) is 80.7 Å². The number of para-hydroxylation sites is 4. The predicted molar refractivity (Wildman–Crippen MR) is 163 cm³/mol. The first-order valence-electron chi connectivity index (χ1n) is 13.6. The van der Waals surface area contributed by atoms with Gasteiger partial charge in [-0.05, 0) is 35.7 Å². The lowest BCUT2D eigenvalue weighted by Gasteiger charge is -2.29. The lowest BCUT2D eigenvalue weighted by atomic mass is 10.2. The maximum Gasteiger partial charge on any atom is 0.192 e. The van der Waals surface area contributed by atoms with Crippen molar-refractivity contribution in [3.63, 3.8) is 0 Å². The number of hydrogen-bond acceptors (Lipinski definition) is 10. The van der Waals surface area contributed by atoms with E-state index in [1.54, 1.807) is 22.7 Å². The van der Waals surface area contributed by atoms with Gasteiger partial charge in [0.25, 0.3) is 0 Å². The Hall–Kier alpha value is -3.70.